The average molecular weight is 457 g/mol. The lowest BCUT2D eigenvalue weighted by molar-refractivity contribution is 0.336. The van der Waals surface area contributed by atoms with Gasteiger partial charge in [-0.05, 0) is 69.7 Å². The molecule has 0 fully saturated rings. The van der Waals surface area contributed by atoms with Gasteiger partial charge in [0, 0.05) is 34.8 Å². The maximum atomic E-state index is 5.75. The number of nitrogens with one attached hydrogen (secondary N) is 1. The third-order valence-electron chi connectivity index (χ3n) is 6.94. The Balaban J connectivity index is 1.52. The van der Waals surface area contributed by atoms with E-state index in [0.29, 0.717) is 12.5 Å². The van der Waals surface area contributed by atoms with Crippen molar-refractivity contribution in [1.82, 2.24) is 14.8 Å². The van der Waals surface area contributed by atoms with Crippen LogP contribution in [0, 0.1) is 26.7 Å². The maximum absolute atomic E-state index is 5.75. The van der Waals surface area contributed by atoms with Gasteiger partial charge in [0.05, 0.1) is 25.1 Å². The number of hydrogen-bond donors (Lipinski definition) is 1. The van der Waals surface area contributed by atoms with Crippen LogP contribution in [0.25, 0.3) is 16.5 Å². The summed E-state index contributed by atoms with van der Waals surface area (Å²) in [6, 6.07) is 14.8. The molecule has 1 N–H and O–H groups in total. The van der Waals surface area contributed by atoms with Crippen LogP contribution in [0.5, 0.6) is 11.5 Å². The summed E-state index contributed by atoms with van der Waals surface area (Å²) in [5.74, 6) is 2.98. The third kappa shape index (κ3) is 3.77. The predicted molar refractivity (Wildman–Crippen MR) is 137 cm³/mol. The smallest absolute Gasteiger partial charge is 0.158 e. The number of fused-ring (bicyclic) bond motifs is 2. The highest BCUT2D eigenvalue weighted by atomic mass is 16.5. The molecular formula is C28H32N4O2. The van der Waals surface area contributed by atoms with Crippen molar-refractivity contribution in [2.75, 3.05) is 25.6 Å². The molecule has 0 saturated carbocycles. The molecule has 0 atom stereocenters. The van der Waals surface area contributed by atoms with Gasteiger partial charge >= 0.3 is 0 Å². The number of rotatable bonds is 7. The van der Waals surface area contributed by atoms with Crippen LogP contribution in [-0.2, 0) is 12.8 Å². The molecule has 0 aliphatic heterocycles. The summed E-state index contributed by atoms with van der Waals surface area (Å²) in [5, 5.41) is 15.0. The highest BCUT2D eigenvalue weighted by Gasteiger charge is 2.24. The highest BCUT2D eigenvalue weighted by Crippen LogP contribution is 2.38. The zero-order valence-electron chi connectivity index (χ0n) is 20.6. The van der Waals surface area contributed by atoms with Crippen LogP contribution in [0.15, 0.2) is 42.5 Å². The first kappa shape index (κ1) is 22.3. The Hall–Kier alpha value is -3.54. The van der Waals surface area contributed by atoms with E-state index in [4.69, 9.17) is 9.47 Å². The molecule has 0 radical (unpaired) electrons. The molecular weight excluding hydrogens is 424 g/mol. The summed E-state index contributed by atoms with van der Waals surface area (Å²) in [6.07, 6.45) is 2.21. The first-order chi connectivity index (χ1) is 16.5. The molecule has 2 aromatic carbocycles. The summed E-state index contributed by atoms with van der Waals surface area (Å²) >= 11 is 0. The summed E-state index contributed by atoms with van der Waals surface area (Å²) in [5.41, 5.74) is 7.08. The van der Waals surface area contributed by atoms with Gasteiger partial charge in [-0.2, -0.15) is 5.10 Å². The fourth-order valence-corrected chi connectivity index (χ4v) is 5.41. The molecule has 0 amide bonds. The molecule has 0 saturated heterocycles. The Kier molecular flexibility index (Phi) is 5.90. The van der Waals surface area contributed by atoms with Gasteiger partial charge in [-0.25, -0.2) is 0 Å². The Morgan fingerprint density at radius 2 is 1.68 bits per heavy atom. The summed E-state index contributed by atoms with van der Waals surface area (Å²) in [4.78, 5) is 0. The van der Waals surface area contributed by atoms with Crippen LogP contribution in [0.2, 0.25) is 0 Å². The fourth-order valence-electron chi connectivity index (χ4n) is 5.41. The van der Waals surface area contributed by atoms with Crippen LogP contribution >= 0.6 is 0 Å². The van der Waals surface area contributed by atoms with E-state index in [1.165, 1.54) is 11.1 Å². The number of aromatic nitrogens is 3. The Bertz CT molecular complexity index is 1330. The molecule has 0 unspecified atom stereocenters. The van der Waals surface area contributed by atoms with Gasteiger partial charge in [-0.1, -0.05) is 24.3 Å². The molecule has 5 rings (SSSR count). The minimum atomic E-state index is 0.560. The molecule has 176 valence electrons. The van der Waals surface area contributed by atoms with Crippen LogP contribution in [-0.4, -0.2) is 35.0 Å². The van der Waals surface area contributed by atoms with Crippen LogP contribution in [0.4, 0.5) is 5.82 Å². The second-order valence-corrected chi connectivity index (χ2v) is 9.08. The van der Waals surface area contributed by atoms with Gasteiger partial charge in [-0.15, -0.1) is 5.10 Å². The lowest BCUT2D eigenvalue weighted by atomic mass is 10.1. The van der Waals surface area contributed by atoms with Gasteiger partial charge in [0.25, 0.3) is 0 Å². The van der Waals surface area contributed by atoms with Gasteiger partial charge in [-0.3, -0.25) is 0 Å². The zero-order chi connectivity index (χ0) is 23.8. The van der Waals surface area contributed by atoms with Crippen LogP contribution in [0.1, 0.15) is 35.1 Å². The van der Waals surface area contributed by atoms with E-state index in [-0.39, 0.29) is 0 Å². The monoisotopic (exact) mass is 456 g/mol. The molecule has 1 aliphatic rings. The van der Waals surface area contributed by atoms with Crippen molar-refractivity contribution in [3.63, 3.8) is 0 Å². The summed E-state index contributed by atoms with van der Waals surface area (Å²) < 4.78 is 13.7. The van der Waals surface area contributed by atoms with Gasteiger partial charge < -0.3 is 19.4 Å². The first-order valence-corrected chi connectivity index (χ1v) is 12.0. The number of methoxy groups -OCH3 is 1. The molecule has 1 aliphatic carbocycles. The lowest BCUT2D eigenvalue weighted by Crippen LogP contribution is -2.16. The van der Waals surface area contributed by atoms with Gasteiger partial charge in [0.1, 0.15) is 11.5 Å². The van der Waals surface area contributed by atoms with Crippen molar-refractivity contribution >= 4 is 16.6 Å². The lowest BCUT2D eigenvalue weighted by Gasteiger charge is -2.15. The standard InChI is InChI=1S/C28H32N4O2/c1-6-34-23-11-12-24(25(15-23)33-5)32-18(3)26-17(2)30-31-28(27(26)19(32)4)29-16-20-13-21-9-7-8-10-22(21)14-20/h7-12,15,20H,6,13-14,16H2,1-5H3,(H,29,31). The molecule has 0 bridgehead atoms. The third-order valence-corrected chi connectivity index (χ3v) is 6.94. The highest BCUT2D eigenvalue weighted by molar-refractivity contribution is 5.98. The number of anilines is 1. The average Bonchev–Trinajstić information content (AvgIpc) is 3.37. The van der Waals surface area contributed by atoms with Crippen molar-refractivity contribution in [3.8, 4) is 17.2 Å². The van der Waals surface area contributed by atoms with Crippen molar-refractivity contribution in [2.45, 2.75) is 40.5 Å². The summed E-state index contributed by atoms with van der Waals surface area (Å²) in [7, 11) is 1.70. The second kappa shape index (κ2) is 9.01. The SMILES string of the molecule is CCOc1ccc(-n2c(C)c3c(C)nnc(NCC4Cc5ccccc5C4)c3c2C)c(OC)c1. The van der Waals surface area contributed by atoms with E-state index in [0.717, 1.165) is 70.2 Å². The molecule has 6 nitrogen and oxygen atoms in total. The minimum Gasteiger partial charge on any atom is -0.494 e. The zero-order valence-corrected chi connectivity index (χ0v) is 20.6. The predicted octanol–water partition coefficient (Wildman–Crippen LogP) is 5.58. The number of benzene rings is 2. The normalized spacial score (nSPS) is 13.3. The van der Waals surface area contributed by atoms with E-state index in [1.807, 2.05) is 26.0 Å². The molecule has 0 spiro atoms. The number of ether oxygens (including phenoxy) is 2. The fraction of sp³-hybridized carbons (Fsp3) is 0.357. The van der Waals surface area contributed by atoms with Crippen molar-refractivity contribution < 1.29 is 9.47 Å². The van der Waals surface area contributed by atoms with Crippen molar-refractivity contribution in [3.05, 3.63) is 70.7 Å². The van der Waals surface area contributed by atoms with Crippen LogP contribution in [0.3, 0.4) is 0 Å². The van der Waals surface area contributed by atoms with E-state index >= 15 is 0 Å². The van der Waals surface area contributed by atoms with Crippen LogP contribution < -0.4 is 14.8 Å². The molecule has 34 heavy (non-hydrogen) atoms. The Morgan fingerprint density at radius 3 is 2.35 bits per heavy atom. The Morgan fingerprint density at radius 1 is 0.971 bits per heavy atom. The van der Waals surface area contributed by atoms with E-state index < -0.39 is 0 Å². The number of aryl methyl sites for hydroxylation is 3. The first-order valence-electron chi connectivity index (χ1n) is 12.0. The Labute approximate surface area is 200 Å². The van der Waals surface area contributed by atoms with Crippen molar-refractivity contribution in [1.29, 1.82) is 0 Å². The topological polar surface area (TPSA) is 61.2 Å². The number of hydrogen-bond acceptors (Lipinski definition) is 5. The van der Waals surface area contributed by atoms with Gasteiger partial charge in [0.2, 0.25) is 0 Å². The second-order valence-electron chi connectivity index (χ2n) is 9.08. The molecule has 6 heteroatoms. The maximum Gasteiger partial charge on any atom is 0.158 e. The van der Waals surface area contributed by atoms with E-state index in [1.54, 1.807) is 7.11 Å². The molecule has 2 heterocycles. The van der Waals surface area contributed by atoms with E-state index in [2.05, 4.69) is 64.3 Å². The van der Waals surface area contributed by atoms with Crippen molar-refractivity contribution in [2.24, 2.45) is 5.92 Å². The largest absolute Gasteiger partial charge is 0.494 e. The molecule has 2 aromatic heterocycles. The van der Waals surface area contributed by atoms with E-state index in [9.17, 15) is 0 Å². The quantitative estimate of drug-likeness (QED) is 0.393. The summed E-state index contributed by atoms with van der Waals surface area (Å²) in [6.45, 7) is 9.78. The number of nitrogens with zero attached hydrogens (tertiary/aromatic N) is 3. The molecule has 4 aromatic rings. The minimum absolute atomic E-state index is 0.560. The van der Waals surface area contributed by atoms with Gasteiger partial charge in [0.15, 0.2) is 5.82 Å².